The molecule has 2 N–H and O–H groups in total. The Hall–Kier alpha value is 0.373. The molecule has 0 spiro atoms. The fraction of sp³-hybridized carbons (Fsp3) is 0. The summed E-state index contributed by atoms with van der Waals surface area (Å²) in [5.74, 6) is 0. The summed E-state index contributed by atoms with van der Waals surface area (Å²) >= 11 is -4.58. The van der Waals surface area contributed by atoms with Gasteiger partial charge in [-0.25, -0.2) is 0 Å². The molecule has 38 valence electrons. The molecule has 0 amide bonds. The third kappa shape index (κ3) is 177. The molecule has 5 heavy (non-hydrogen) atoms. The van der Waals surface area contributed by atoms with Crippen LogP contribution in [0.4, 0.5) is 9.95 Å². The number of hydrogen-bond acceptors (Lipinski definition) is 0. The van der Waals surface area contributed by atoms with E-state index in [9.17, 15) is 9.95 Å². The van der Waals surface area contributed by atoms with Crippen LogP contribution in [-0.4, -0.2) is 5.48 Å². The van der Waals surface area contributed by atoms with E-state index in [1.54, 1.807) is 0 Å². The molecule has 0 saturated carbocycles. The Balaban J connectivity index is 0. The molecule has 0 aliphatic carbocycles. The summed E-state index contributed by atoms with van der Waals surface area (Å²) in [6, 6.07) is 0. The summed E-state index contributed by atoms with van der Waals surface area (Å²) < 4.78 is 29.4. The fourth-order valence-electron chi connectivity index (χ4n) is 0. The average molecular weight is 178 g/mol. The molecule has 0 aromatic carbocycles. The van der Waals surface area contributed by atoms with Crippen molar-refractivity contribution in [2.45, 2.75) is 0 Å². The van der Waals surface area contributed by atoms with Crippen LogP contribution < -0.4 is 0 Å². The van der Waals surface area contributed by atoms with Crippen LogP contribution in [0.3, 0.4) is 0 Å². The van der Waals surface area contributed by atoms with Gasteiger partial charge in [0.15, 0.2) is 0 Å². The molecule has 0 fully saturated rings. The topological polar surface area (TPSA) is 31.5 Å². The molecule has 0 heterocycles. The van der Waals surface area contributed by atoms with Crippen molar-refractivity contribution in [3.63, 3.8) is 0 Å². The van der Waals surface area contributed by atoms with Gasteiger partial charge in [0.05, 0.1) is 0 Å². The summed E-state index contributed by atoms with van der Waals surface area (Å²) in [5, 5.41) is 0. The van der Waals surface area contributed by atoms with Gasteiger partial charge in [-0.3, -0.25) is 0 Å². The van der Waals surface area contributed by atoms with Gasteiger partial charge in [0.1, 0.15) is 0 Å². The van der Waals surface area contributed by atoms with Crippen LogP contribution in [0.5, 0.6) is 0 Å². The number of hydrogen-bond donors (Lipinski definition) is 0. The number of rotatable bonds is 0. The Labute approximate surface area is 33.7 Å². The van der Waals surface area contributed by atoms with Crippen LogP contribution in [0.2, 0.25) is 0 Å². The summed E-state index contributed by atoms with van der Waals surface area (Å²) in [6.07, 6.45) is 0. The molecule has 0 aliphatic rings. The fourth-order valence-corrected chi connectivity index (χ4v) is 0. The van der Waals surface area contributed by atoms with Crippen molar-refractivity contribution >= 4 is 0 Å². The van der Waals surface area contributed by atoms with E-state index in [1.807, 2.05) is 0 Å². The quantitative estimate of drug-likeness (QED) is 0.481. The monoisotopic (exact) mass is 178 g/mol. The van der Waals surface area contributed by atoms with E-state index in [0.29, 0.717) is 0 Å². The third-order valence-corrected chi connectivity index (χ3v) is 0. The second-order valence-corrected chi connectivity index (χ2v) is 0.845. The van der Waals surface area contributed by atoms with E-state index in [-0.39, 0.29) is 5.48 Å². The molecule has 5 heteroatoms. The second-order valence-electron chi connectivity index (χ2n) is 0.143. The molecular formula is H2F3ORh. The Morgan fingerprint density at radius 2 is 1.00 bits per heavy atom. The van der Waals surface area contributed by atoms with E-state index in [2.05, 4.69) is 0 Å². The average Bonchev–Trinajstić information content (AvgIpc) is 0.811. The first-order chi connectivity index (χ1) is 1.73. The second kappa shape index (κ2) is 4.37. The van der Waals surface area contributed by atoms with Gasteiger partial charge in [-0.1, -0.05) is 0 Å². The molecule has 0 rings (SSSR count). The van der Waals surface area contributed by atoms with E-state index < -0.39 is 17.4 Å². The summed E-state index contributed by atoms with van der Waals surface area (Å²) in [4.78, 5) is 0. The molecule has 0 radical (unpaired) electrons. The molecule has 0 saturated heterocycles. The SMILES string of the molecule is O.[F][Rh]([F])[F]. The molecule has 0 bridgehead atoms. The number of halogens is 3. The van der Waals surface area contributed by atoms with Crippen molar-refractivity contribution in [3.05, 3.63) is 0 Å². The van der Waals surface area contributed by atoms with Gasteiger partial charge in [-0.05, 0) is 0 Å². The maximum absolute atomic E-state index is 9.80. The van der Waals surface area contributed by atoms with E-state index >= 15 is 0 Å². The van der Waals surface area contributed by atoms with Crippen LogP contribution in [0.25, 0.3) is 0 Å². The molecule has 0 aromatic rings. The van der Waals surface area contributed by atoms with Crippen molar-refractivity contribution < 1.29 is 32.9 Å². The molecular weight excluding hydrogens is 176 g/mol. The Bertz CT molecular complexity index is 11.6. The zero-order chi connectivity index (χ0) is 3.58. The van der Waals surface area contributed by atoms with Gasteiger partial charge >= 0.3 is 27.4 Å². The van der Waals surface area contributed by atoms with Gasteiger partial charge in [0.2, 0.25) is 0 Å². The standard InChI is InChI=1S/3FH.H2O.Rh/h3*1H;1H2;/q;;;;+3/p-3. The zero-order valence-electron chi connectivity index (χ0n) is 1.97. The molecule has 0 unspecified atom stereocenters. The third-order valence-electron chi connectivity index (χ3n) is 0. The van der Waals surface area contributed by atoms with E-state index in [4.69, 9.17) is 0 Å². The first-order valence-electron chi connectivity index (χ1n) is 0.378. The molecule has 1 nitrogen and oxygen atoms in total. The van der Waals surface area contributed by atoms with Crippen LogP contribution in [0.15, 0.2) is 0 Å². The zero-order valence-corrected chi connectivity index (χ0v) is 3.61. The van der Waals surface area contributed by atoms with Crippen LogP contribution >= 0.6 is 0 Å². The van der Waals surface area contributed by atoms with Crippen molar-refractivity contribution in [2.75, 3.05) is 0 Å². The van der Waals surface area contributed by atoms with Crippen LogP contribution in [0.1, 0.15) is 0 Å². The Morgan fingerprint density at radius 3 is 1.00 bits per heavy atom. The summed E-state index contributed by atoms with van der Waals surface area (Å²) in [6.45, 7) is 0. The van der Waals surface area contributed by atoms with E-state index in [0.717, 1.165) is 0 Å². The normalized spacial score (nSPS) is 9.00. The summed E-state index contributed by atoms with van der Waals surface area (Å²) in [7, 11) is 0. The van der Waals surface area contributed by atoms with Gasteiger partial charge in [-0.2, -0.15) is 0 Å². The van der Waals surface area contributed by atoms with Gasteiger partial charge < -0.3 is 5.48 Å². The van der Waals surface area contributed by atoms with Crippen molar-refractivity contribution in [1.29, 1.82) is 0 Å². The van der Waals surface area contributed by atoms with Crippen molar-refractivity contribution in [1.82, 2.24) is 0 Å². The minimum atomic E-state index is -4.58. The van der Waals surface area contributed by atoms with Crippen molar-refractivity contribution in [2.24, 2.45) is 0 Å². The summed E-state index contributed by atoms with van der Waals surface area (Å²) in [5.41, 5.74) is 0. The first kappa shape index (κ1) is 9.03. The molecule has 0 aromatic heterocycles. The van der Waals surface area contributed by atoms with Crippen LogP contribution in [0, 0.1) is 0 Å². The van der Waals surface area contributed by atoms with Gasteiger partial charge in [0.25, 0.3) is 0 Å². The van der Waals surface area contributed by atoms with E-state index in [1.165, 1.54) is 0 Å². The predicted octanol–water partition coefficient (Wildman–Crippen LogP) is 0.433. The van der Waals surface area contributed by atoms with Crippen LogP contribution in [-0.2, 0) is 17.4 Å². The Kier molecular flexibility index (Phi) is 7.90. The van der Waals surface area contributed by atoms with Crippen molar-refractivity contribution in [3.8, 4) is 0 Å². The predicted molar refractivity (Wildman–Crippen MR) is 6.94 cm³/mol. The van der Waals surface area contributed by atoms with Gasteiger partial charge in [0, 0.05) is 0 Å². The molecule has 0 aliphatic heterocycles. The first-order valence-corrected chi connectivity index (χ1v) is 2.24. The molecule has 0 atom stereocenters. The maximum atomic E-state index is 9.80. The minimum absolute atomic E-state index is 0. The van der Waals surface area contributed by atoms with Gasteiger partial charge in [-0.15, -0.1) is 0 Å². The Morgan fingerprint density at radius 1 is 1.00 bits per heavy atom.